The highest BCUT2D eigenvalue weighted by Gasteiger charge is 2.52. The minimum Gasteiger partial charge on any atom is -0.386 e. The van der Waals surface area contributed by atoms with Crippen LogP contribution in [0.1, 0.15) is 107 Å². The zero-order valence-corrected chi connectivity index (χ0v) is 25.9. The molecular formula is C33H43ClFN5O2. The number of hydrogen-bond donors (Lipinski definition) is 3. The molecule has 4 rings (SSSR count). The first-order valence-corrected chi connectivity index (χ1v) is 15.4. The first kappa shape index (κ1) is 31.7. The number of carbonyl (C=O) groups is 2. The van der Waals surface area contributed by atoms with Gasteiger partial charge in [0, 0.05) is 11.1 Å². The molecule has 42 heavy (non-hydrogen) atoms. The van der Waals surface area contributed by atoms with E-state index in [1.165, 1.54) is 12.1 Å². The number of unbranched alkanes of at least 4 members (excludes halogenated alkanes) is 1. The number of nitrogens with one attached hydrogen (secondary N) is 2. The van der Waals surface area contributed by atoms with Gasteiger partial charge in [-0.25, -0.2) is 4.39 Å². The van der Waals surface area contributed by atoms with Gasteiger partial charge >= 0.3 is 0 Å². The van der Waals surface area contributed by atoms with Crippen molar-refractivity contribution in [3.05, 3.63) is 70.0 Å². The van der Waals surface area contributed by atoms with Gasteiger partial charge in [0.25, 0.3) is 11.8 Å². The Balaban J connectivity index is 1.73. The lowest BCUT2D eigenvalue weighted by molar-refractivity contribution is -0.133. The molecule has 1 heterocycles. The number of hydrogen-bond acceptors (Lipinski definition) is 4. The van der Waals surface area contributed by atoms with Crippen LogP contribution in [0.2, 0.25) is 5.02 Å². The maximum atomic E-state index is 14.4. The molecule has 0 saturated heterocycles. The highest BCUT2D eigenvalue weighted by molar-refractivity contribution is 6.47. The largest absolute Gasteiger partial charge is 0.386 e. The van der Waals surface area contributed by atoms with E-state index in [-0.39, 0.29) is 40.7 Å². The Morgan fingerprint density at radius 1 is 1.21 bits per heavy atom. The van der Waals surface area contributed by atoms with Crippen LogP contribution in [0.5, 0.6) is 0 Å². The molecule has 1 saturated carbocycles. The van der Waals surface area contributed by atoms with Gasteiger partial charge in [0.2, 0.25) is 0 Å². The monoisotopic (exact) mass is 595 g/mol. The molecule has 1 spiro atoms. The highest BCUT2D eigenvalue weighted by Crippen LogP contribution is 2.50. The Hall–Kier alpha value is -3.26. The Kier molecular flexibility index (Phi) is 9.76. The van der Waals surface area contributed by atoms with Crippen molar-refractivity contribution in [2.24, 2.45) is 22.1 Å². The number of nitrogens with zero attached hydrogens (tertiary/aromatic N) is 2. The number of amidine groups is 1. The molecule has 2 aliphatic rings. The van der Waals surface area contributed by atoms with E-state index < -0.39 is 11.5 Å². The zero-order chi connectivity index (χ0) is 30.7. The molecule has 0 unspecified atom stereocenters. The predicted octanol–water partition coefficient (Wildman–Crippen LogP) is 7.03. The number of halogens is 2. The molecule has 0 radical (unpaired) electrons. The van der Waals surface area contributed by atoms with E-state index >= 15 is 0 Å². The quantitative estimate of drug-likeness (QED) is 0.191. The van der Waals surface area contributed by atoms with E-state index in [4.69, 9.17) is 27.7 Å². The van der Waals surface area contributed by atoms with Crippen molar-refractivity contribution in [3.8, 4) is 0 Å². The molecular weight excluding hydrogens is 553 g/mol. The molecule has 1 aliphatic carbocycles. The average molecular weight is 596 g/mol. The van der Waals surface area contributed by atoms with E-state index in [9.17, 15) is 14.0 Å². The zero-order valence-electron chi connectivity index (χ0n) is 25.1. The van der Waals surface area contributed by atoms with Crippen LogP contribution in [-0.2, 0) is 4.79 Å². The molecule has 1 fully saturated rings. The number of rotatable bonds is 11. The van der Waals surface area contributed by atoms with Crippen LogP contribution in [0.3, 0.4) is 0 Å². The molecule has 0 aromatic heterocycles. The van der Waals surface area contributed by atoms with Gasteiger partial charge in [0.05, 0.1) is 17.6 Å². The van der Waals surface area contributed by atoms with Crippen LogP contribution in [-0.4, -0.2) is 40.5 Å². The molecule has 1 aliphatic heterocycles. The third kappa shape index (κ3) is 6.54. The van der Waals surface area contributed by atoms with Gasteiger partial charge in [-0.1, -0.05) is 70.7 Å². The van der Waals surface area contributed by atoms with Gasteiger partial charge in [-0.15, -0.1) is 0 Å². The van der Waals surface area contributed by atoms with Gasteiger partial charge < -0.3 is 16.0 Å². The summed E-state index contributed by atoms with van der Waals surface area (Å²) in [6, 6.07) is 11.4. The van der Waals surface area contributed by atoms with E-state index in [1.807, 2.05) is 17.0 Å². The lowest BCUT2D eigenvalue weighted by Crippen LogP contribution is -2.51. The van der Waals surface area contributed by atoms with Crippen LogP contribution in [0.15, 0.2) is 47.5 Å². The Labute approximate surface area is 253 Å². The minimum absolute atomic E-state index is 0.0200. The second-order valence-corrected chi connectivity index (χ2v) is 12.8. The van der Waals surface area contributed by atoms with Gasteiger partial charge in [-0.05, 0) is 79.3 Å². The van der Waals surface area contributed by atoms with Gasteiger partial charge in [-0.3, -0.25) is 20.0 Å². The van der Waals surface area contributed by atoms with Gasteiger partial charge in [0.15, 0.2) is 0 Å². The lowest BCUT2D eigenvalue weighted by Gasteiger charge is -2.48. The second kappa shape index (κ2) is 12.9. The minimum atomic E-state index is -0.705. The van der Waals surface area contributed by atoms with Crippen molar-refractivity contribution in [1.29, 1.82) is 5.41 Å². The number of nitrogens with two attached hydrogens (primary N) is 1. The molecule has 0 bridgehead atoms. The van der Waals surface area contributed by atoms with Crippen molar-refractivity contribution in [2.45, 2.75) is 90.8 Å². The van der Waals surface area contributed by atoms with Crippen molar-refractivity contribution in [2.75, 3.05) is 6.54 Å². The van der Waals surface area contributed by atoms with E-state index in [1.54, 1.807) is 18.2 Å². The Morgan fingerprint density at radius 2 is 1.88 bits per heavy atom. The van der Waals surface area contributed by atoms with Crippen molar-refractivity contribution >= 4 is 35.0 Å². The molecule has 226 valence electrons. The van der Waals surface area contributed by atoms with Crippen LogP contribution >= 0.6 is 11.6 Å². The molecule has 2 aromatic rings. The summed E-state index contributed by atoms with van der Waals surface area (Å²) in [6.45, 7) is 8.98. The van der Waals surface area contributed by atoms with Crippen molar-refractivity contribution in [1.82, 2.24) is 10.2 Å². The third-order valence-electron chi connectivity index (χ3n) is 9.33. The summed E-state index contributed by atoms with van der Waals surface area (Å²) in [6.07, 6.45) is 7.12. The van der Waals surface area contributed by atoms with Crippen LogP contribution < -0.4 is 11.1 Å². The maximum Gasteiger partial charge on any atom is 0.275 e. The maximum absolute atomic E-state index is 14.4. The van der Waals surface area contributed by atoms with Crippen LogP contribution in [0.25, 0.3) is 0 Å². The van der Waals surface area contributed by atoms with Gasteiger partial charge in [0.1, 0.15) is 23.0 Å². The standard InChI is InChI=1S/C33H43ClFN5O2/c1-5-7-8-27(21-9-11-22(12-10-21)30(41)38-20-28(36)37)40-31(42)29(23-13-14-26(35)25(34)19-23)39-33(40)17-15-24(16-18-33)32(3,4)6-2/h9-14,19,24,27H,5-8,15-18,20H2,1-4H3,(H3,36,37)(H,38,41)/t24?,27-,33?/m1/s1. The molecule has 9 heteroatoms. The summed E-state index contributed by atoms with van der Waals surface area (Å²) in [7, 11) is 0. The topological polar surface area (TPSA) is 112 Å². The Morgan fingerprint density at radius 3 is 2.45 bits per heavy atom. The number of amides is 2. The first-order chi connectivity index (χ1) is 19.9. The number of carbonyl (C=O) groups excluding carboxylic acids is 2. The second-order valence-electron chi connectivity index (χ2n) is 12.4. The lowest BCUT2D eigenvalue weighted by atomic mass is 9.67. The number of aliphatic imine (C=N–C) groups is 1. The molecule has 1 atom stereocenters. The average Bonchev–Trinajstić information content (AvgIpc) is 3.25. The third-order valence-corrected chi connectivity index (χ3v) is 9.61. The SMILES string of the molecule is CCCC[C@H](c1ccc(C(=O)NCC(=N)N)cc1)N1C(=O)C(c2ccc(F)c(Cl)c2)=NC12CCC(C(C)(C)CC)CC2. The summed E-state index contributed by atoms with van der Waals surface area (Å²) in [5.41, 5.74) is 7.12. The summed E-state index contributed by atoms with van der Waals surface area (Å²) < 4.78 is 14.0. The fraction of sp³-hybridized carbons (Fsp3) is 0.515. The summed E-state index contributed by atoms with van der Waals surface area (Å²) >= 11 is 6.14. The summed E-state index contributed by atoms with van der Waals surface area (Å²) in [5, 5.41) is 9.96. The fourth-order valence-electron chi connectivity index (χ4n) is 6.36. The molecule has 4 N–H and O–H groups in total. The van der Waals surface area contributed by atoms with Crippen molar-refractivity contribution < 1.29 is 14.0 Å². The molecule has 2 aromatic carbocycles. The molecule has 2 amide bonds. The smallest absolute Gasteiger partial charge is 0.275 e. The fourth-order valence-corrected chi connectivity index (χ4v) is 6.54. The summed E-state index contributed by atoms with van der Waals surface area (Å²) in [4.78, 5) is 34.1. The predicted molar refractivity (Wildman–Crippen MR) is 167 cm³/mol. The van der Waals surface area contributed by atoms with Crippen LogP contribution in [0, 0.1) is 22.6 Å². The van der Waals surface area contributed by atoms with E-state index in [2.05, 4.69) is 33.0 Å². The van der Waals surface area contributed by atoms with Crippen molar-refractivity contribution in [3.63, 3.8) is 0 Å². The first-order valence-electron chi connectivity index (χ1n) is 15.0. The van der Waals surface area contributed by atoms with E-state index in [0.717, 1.165) is 56.9 Å². The van der Waals surface area contributed by atoms with Gasteiger partial charge in [-0.2, -0.15) is 0 Å². The van der Waals surface area contributed by atoms with Crippen LogP contribution in [0.4, 0.5) is 4.39 Å². The Bertz CT molecular complexity index is 1350. The normalized spacial score (nSPS) is 21.4. The highest BCUT2D eigenvalue weighted by atomic mass is 35.5. The summed E-state index contributed by atoms with van der Waals surface area (Å²) in [5.74, 6) is -0.602. The number of benzene rings is 2. The van der Waals surface area contributed by atoms with E-state index in [0.29, 0.717) is 22.8 Å². The molecule has 7 nitrogen and oxygen atoms in total.